The second-order valence-corrected chi connectivity index (χ2v) is 5.22. The van der Waals surface area contributed by atoms with Crippen molar-refractivity contribution in [2.24, 2.45) is 0 Å². The molecule has 22 heavy (non-hydrogen) atoms. The molecule has 0 saturated heterocycles. The normalized spacial score (nSPS) is 13.9. The zero-order chi connectivity index (χ0) is 14.9. The summed E-state index contributed by atoms with van der Waals surface area (Å²) in [5, 5.41) is 0. The van der Waals surface area contributed by atoms with E-state index in [1.165, 1.54) is 0 Å². The lowest BCUT2D eigenvalue weighted by Crippen LogP contribution is -2.36. The summed E-state index contributed by atoms with van der Waals surface area (Å²) < 4.78 is 0. The van der Waals surface area contributed by atoms with Crippen LogP contribution in [0.5, 0.6) is 0 Å². The smallest absolute Gasteiger partial charge is 0.274 e. The molecule has 6 nitrogen and oxygen atoms in total. The van der Waals surface area contributed by atoms with Crippen LogP contribution in [0, 0.1) is 0 Å². The van der Waals surface area contributed by atoms with Crippen molar-refractivity contribution in [2.45, 2.75) is 13.0 Å². The number of benzene rings is 1. The summed E-state index contributed by atoms with van der Waals surface area (Å²) in [5.74, 6) is -0.104. The largest absolute Gasteiger partial charge is 0.332 e. The fourth-order valence-electron chi connectivity index (χ4n) is 2.66. The van der Waals surface area contributed by atoms with Crippen molar-refractivity contribution in [3.05, 3.63) is 59.9 Å². The highest BCUT2D eigenvalue weighted by atomic mass is 16.2. The maximum absolute atomic E-state index is 12.6. The molecule has 4 rings (SSSR count). The van der Waals surface area contributed by atoms with Gasteiger partial charge in [0.2, 0.25) is 0 Å². The van der Waals surface area contributed by atoms with Crippen molar-refractivity contribution in [1.29, 1.82) is 0 Å². The number of aromatic nitrogens is 4. The quantitative estimate of drug-likeness (QED) is 0.681. The van der Waals surface area contributed by atoms with Crippen LogP contribution in [0.2, 0.25) is 0 Å². The number of hydrogen-bond donors (Lipinski definition) is 0. The molecule has 0 fully saturated rings. The minimum absolute atomic E-state index is 0.104. The number of fused-ring (bicyclic) bond motifs is 2. The average molecular weight is 291 g/mol. The molecule has 0 bridgehead atoms. The lowest BCUT2D eigenvalue weighted by Gasteiger charge is -2.27. The Morgan fingerprint density at radius 1 is 1.09 bits per heavy atom. The number of rotatable bonds is 1. The fraction of sp³-hybridized carbons (Fsp3) is 0.188. The van der Waals surface area contributed by atoms with Crippen molar-refractivity contribution in [3.63, 3.8) is 0 Å². The molecule has 0 unspecified atom stereocenters. The van der Waals surface area contributed by atoms with Crippen LogP contribution in [0.15, 0.2) is 43.0 Å². The molecule has 0 atom stereocenters. The van der Waals surface area contributed by atoms with Gasteiger partial charge in [-0.25, -0.2) is 15.0 Å². The average Bonchev–Trinajstić information content (AvgIpc) is 2.60. The molecule has 0 aliphatic carbocycles. The Balaban J connectivity index is 1.64. The molecule has 0 saturated carbocycles. The van der Waals surface area contributed by atoms with Crippen LogP contribution >= 0.6 is 0 Å². The molecule has 0 radical (unpaired) electrons. The predicted octanol–water partition coefficient (Wildman–Crippen LogP) is 1.62. The van der Waals surface area contributed by atoms with Gasteiger partial charge in [-0.05, 0) is 12.1 Å². The molecule has 108 valence electrons. The van der Waals surface area contributed by atoms with Gasteiger partial charge in [-0.2, -0.15) is 0 Å². The van der Waals surface area contributed by atoms with Gasteiger partial charge in [-0.15, -0.1) is 0 Å². The van der Waals surface area contributed by atoms with Crippen molar-refractivity contribution < 1.29 is 4.79 Å². The van der Waals surface area contributed by atoms with E-state index >= 15 is 0 Å². The summed E-state index contributed by atoms with van der Waals surface area (Å²) in [7, 11) is 0. The Labute approximate surface area is 126 Å². The van der Waals surface area contributed by atoms with Crippen LogP contribution in [-0.2, 0) is 13.0 Å². The Morgan fingerprint density at radius 3 is 2.86 bits per heavy atom. The van der Waals surface area contributed by atoms with Crippen molar-refractivity contribution in [3.8, 4) is 0 Å². The molecule has 6 heteroatoms. The van der Waals surface area contributed by atoms with E-state index in [2.05, 4.69) is 19.9 Å². The van der Waals surface area contributed by atoms with E-state index in [1.807, 2.05) is 24.3 Å². The van der Waals surface area contributed by atoms with E-state index in [0.29, 0.717) is 18.8 Å². The molecular weight excluding hydrogens is 278 g/mol. The van der Waals surface area contributed by atoms with E-state index in [-0.39, 0.29) is 5.91 Å². The maximum Gasteiger partial charge on any atom is 0.274 e. The lowest BCUT2D eigenvalue weighted by molar-refractivity contribution is 0.0727. The number of carbonyl (C=O) groups is 1. The van der Waals surface area contributed by atoms with Gasteiger partial charge >= 0.3 is 0 Å². The van der Waals surface area contributed by atoms with Gasteiger partial charge in [0.05, 0.1) is 22.9 Å². The summed E-state index contributed by atoms with van der Waals surface area (Å²) in [6, 6.07) is 7.53. The number of nitrogens with zero attached hydrogens (tertiary/aromatic N) is 5. The zero-order valence-electron chi connectivity index (χ0n) is 11.8. The summed E-state index contributed by atoms with van der Waals surface area (Å²) in [6.07, 6.45) is 5.60. The second-order valence-electron chi connectivity index (χ2n) is 5.22. The van der Waals surface area contributed by atoms with Gasteiger partial charge in [0.1, 0.15) is 12.0 Å². The summed E-state index contributed by atoms with van der Waals surface area (Å²) in [6.45, 7) is 1.15. The first kappa shape index (κ1) is 12.8. The Bertz CT molecular complexity index is 864. The van der Waals surface area contributed by atoms with E-state index in [0.717, 1.165) is 28.7 Å². The predicted molar refractivity (Wildman–Crippen MR) is 80.0 cm³/mol. The van der Waals surface area contributed by atoms with Crippen LogP contribution in [-0.4, -0.2) is 37.3 Å². The van der Waals surface area contributed by atoms with E-state index in [9.17, 15) is 4.79 Å². The Morgan fingerprint density at radius 2 is 1.95 bits per heavy atom. The van der Waals surface area contributed by atoms with Crippen LogP contribution in [0.25, 0.3) is 11.0 Å². The first-order valence-corrected chi connectivity index (χ1v) is 7.10. The third kappa shape index (κ3) is 2.18. The standard InChI is InChI=1S/C16H13N5O/c22-16(15-8-18-13-3-1-2-4-14(13)20-15)21-6-5-12-11(9-21)7-17-10-19-12/h1-4,7-8,10H,5-6,9H2. The summed E-state index contributed by atoms with van der Waals surface area (Å²) in [5.41, 5.74) is 3.91. The molecule has 0 spiro atoms. The first-order chi connectivity index (χ1) is 10.8. The number of amides is 1. The second kappa shape index (κ2) is 5.14. The Kier molecular flexibility index (Phi) is 3.00. The molecule has 2 aromatic heterocycles. The Hall–Kier alpha value is -2.89. The van der Waals surface area contributed by atoms with Gasteiger partial charge in [-0.3, -0.25) is 9.78 Å². The third-order valence-corrected chi connectivity index (χ3v) is 3.82. The summed E-state index contributed by atoms with van der Waals surface area (Å²) in [4.78, 5) is 31.4. The van der Waals surface area contributed by atoms with E-state index < -0.39 is 0 Å². The monoisotopic (exact) mass is 291 g/mol. The van der Waals surface area contributed by atoms with Crippen LogP contribution in [0.1, 0.15) is 21.7 Å². The summed E-state index contributed by atoms with van der Waals surface area (Å²) >= 11 is 0. The molecule has 1 aromatic carbocycles. The number of para-hydroxylation sites is 2. The minimum Gasteiger partial charge on any atom is -0.332 e. The van der Waals surface area contributed by atoms with Crippen molar-refractivity contribution >= 4 is 16.9 Å². The molecule has 1 aliphatic heterocycles. The SMILES string of the molecule is O=C(c1cnc2ccccc2n1)N1CCc2ncncc2C1. The first-order valence-electron chi connectivity index (χ1n) is 7.10. The topological polar surface area (TPSA) is 71.9 Å². The van der Waals surface area contributed by atoms with Crippen LogP contribution < -0.4 is 0 Å². The molecule has 3 heterocycles. The molecule has 1 amide bonds. The van der Waals surface area contributed by atoms with Gasteiger partial charge in [0, 0.05) is 31.3 Å². The zero-order valence-corrected chi connectivity index (χ0v) is 11.8. The maximum atomic E-state index is 12.6. The fourth-order valence-corrected chi connectivity index (χ4v) is 2.66. The third-order valence-electron chi connectivity index (χ3n) is 3.82. The number of hydrogen-bond acceptors (Lipinski definition) is 5. The van der Waals surface area contributed by atoms with E-state index in [4.69, 9.17) is 0 Å². The van der Waals surface area contributed by atoms with Gasteiger partial charge in [0.25, 0.3) is 5.91 Å². The van der Waals surface area contributed by atoms with E-state index in [1.54, 1.807) is 23.6 Å². The highest BCUT2D eigenvalue weighted by Gasteiger charge is 2.23. The molecule has 1 aliphatic rings. The van der Waals surface area contributed by atoms with Gasteiger partial charge in [0.15, 0.2) is 0 Å². The van der Waals surface area contributed by atoms with Crippen LogP contribution in [0.4, 0.5) is 0 Å². The molecule has 0 N–H and O–H groups in total. The minimum atomic E-state index is -0.104. The number of carbonyl (C=O) groups excluding carboxylic acids is 1. The highest BCUT2D eigenvalue weighted by Crippen LogP contribution is 2.18. The van der Waals surface area contributed by atoms with Crippen molar-refractivity contribution in [2.75, 3.05) is 6.54 Å². The molecule has 3 aromatic rings. The lowest BCUT2D eigenvalue weighted by atomic mass is 10.1. The molecular formula is C16H13N5O. The van der Waals surface area contributed by atoms with Gasteiger partial charge < -0.3 is 4.90 Å². The highest BCUT2D eigenvalue weighted by molar-refractivity contribution is 5.93. The van der Waals surface area contributed by atoms with Crippen molar-refractivity contribution in [1.82, 2.24) is 24.8 Å². The van der Waals surface area contributed by atoms with Gasteiger partial charge in [-0.1, -0.05) is 12.1 Å². The van der Waals surface area contributed by atoms with Crippen LogP contribution in [0.3, 0.4) is 0 Å².